The molecule has 2 aromatic rings. The number of hydrazine groups is 1. The summed E-state index contributed by atoms with van der Waals surface area (Å²) in [6.07, 6.45) is 0. The number of thioether (sulfide) groups is 1. The molecule has 1 aliphatic rings. The zero-order valence-corrected chi connectivity index (χ0v) is 15.6. The molecule has 12 heteroatoms. The van der Waals surface area contributed by atoms with E-state index in [4.69, 9.17) is 4.74 Å². The summed E-state index contributed by atoms with van der Waals surface area (Å²) in [5.74, 6) is -0.564. The van der Waals surface area contributed by atoms with Gasteiger partial charge in [0.15, 0.2) is 0 Å². The van der Waals surface area contributed by atoms with Crippen molar-refractivity contribution in [1.29, 1.82) is 0 Å². The molecule has 11 nitrogen and oxygen atoms in total. The number of urea groups is 1. The number of nitrogens with zero attached hydrogens (tertiary/aromatic N) is 5. The summed E-state index contributed by atoms with van der Waals surface area (Å²) in [4.78, 5) is 37.1. The summed E-state index contributed by atoms with van der Waals surface area (Å²) in [6, 6.07) is 6.02. The Morgan fingerprint density at radius 2 is 2.04 bits per heavy atom. The van der Waals surface area contributed by atoms with Crippen LogP contribution in [-0.2, 0) is 22.2 Å². The molecule has 0 aliphatic carbocycles. The highest BCUT2D eigenvalue weighted by molar-refractivity contribution is 7.99. The van der Waals surface area contributed by atoms with Gasteiger partial charge in [-0.25, -0.2) is 9.48 Å². The molecule has 1 aliphatic heterocycles. The number of aryl methyl sites for hydroxylation is 1. The normalized spacial score (nSPS) is 19.1. The van der Waals surface area contributed by atoms with Gasteiger partial charge in [-0.1, -0.05) is 23.9 Å². The lowest BCUT2D eigenvalue weighted by Crippen LogP contribution is -2.48. The SMILES string of the molecule is COc1ccc([C@@]2(C)NC(=O)N(NC(=O)CSc3nnnn3C)C2=O)cc1. The van der Waals surface area contributed by atoms with E-state index >= 15 is 0 Å². The molecular formula is C15H17N7O4S. The van der Waals surface area contributed by atoms with Gasteiger partial charge in [-0.05, 0) is 35.0 Å². The molecule has 27 heavy (non-hydrogen) atoms. The lowest BCUT2D eigenvalue weighted by Gasteiger charge is -2.22. The van der Waals surface area contributed by atoms with Gasteiger partial charge < -0.3 is 10.1 Å². The van der Waals surface area contributed by atoms with Crippen LogP contribution in [-0.4, -0.2) is 55.9 Å². The molecule has 3 rings (SSSR count). The maximum Gasteiger partial charge on any atom is 0.344 e. The molecule has 0 unspecified atom stereocenters. The van der Waals surface area contributed by atoms with Crippen LogP contribution in [0.4, 0.5) is 4.79 Å². The molecule has 0 spiro atoms. The van der Waals surface area contributed by atoms with Crippen molar-refractivity contribution < 1.29 is 19.1 Å². The van der Waals surface area contributed by atoms with Gasteiger partial charge in [-0.15, -0.1) is 5.10 Å². The van der Waals surface area contributed by atoms with Crippen LogP contribution < -0.4 is 15.5 Å². The van der Waals surface area contributed by atoms with E-state index in [2.05, 4.69) is 26.3 Å². The second-order valence-corrected chi connectivity index (χ2v) is 6.78. The van der Waals surface area contributed by atoms with Gasteiger partial charge >= 0.3 is 6.03 Å². The summed E-state index contributed by atoms with van der Waals surface area (Å²) in [5.41, 5.74) is 1.59. The molecule has 4 amide bonds. The molecule has 142 valence electrons. The fourth-order valence-electron chi connectivity index (χ4n) is 2.49. The van der Waals surface area contributed by atoms with Crippen LogP contribution in [0.25, 0.3) is 0 Å². The number of methoxy groups -OCH3 is 1. The zero-order valence-electron chi connectivity index (χ0n) is 14.8. The van der Waals surface area contributed by atoms with Crippen molar-refractivity contribution in [1.82, 2.24) is 36.0 Å². The molecule has 1 fully saturated rings. The van der Waals surface area contributed by atoms with E-state index in [1.165, 1.54) is 11.8 Å². The lowest BCUT2D eigenvalue weighted by atomic mass is 9.92. The molecule has 2 heterocycles. The Hall–Kier alpha value is -3.15. The number of hydrogen-bond acceptors (Lipinski definition) is 8. The summed E-state index contributed by atoms with van der Waals surface area (Å²) in [5, 5.41) is 14.6. The standard InChI is InChI=1S/C15H17N7O4S/c1-15(9-4-6-10(26-3)7-5-9)12(24)22(13(25)16-15)18-11(23)8-27-14-17-19-20-21(14)2/h4-7H,8H2,1-3H3,(H,16,25)(H,18,23)/t15-/m1/s1. The average Bonchev–Trinajstić information content (AvgIpc) is 3.16. The molecular weight excluding hydrogens is 374 g/mol. The third-order valence-corrected chi connectivity index (χ3v) is 5.02. The number of amides is 4. The summed E-state index contributed by atoms with van der Waals surface area (Å²) >= 11 is 1.08. The Kier molecular flexibility index (Phi) is 4.99. The Morgan fingerprint density at radius 3 is 2.63 bits per heavy atom. The van der Waals surface area contributed by atoms with Crippen LogP contribution in [0.1, 0.15) is 12.5 Å². The van der Waals surface area contributed by atoms with Gasteiger partial charge in [0.05, 0.1) is 12.9 Å². The van der Waals surface area contributed by atoms with Crippen LogP contribution in [0.15, 0.2) is 29.4 Å². The maximum atomic E-state index is 12.8. The Morgan fingerprint density at radius 1 is 1.33 bits per heavy atom. The van der Waals surface area contributed by atoms with Crippen LogP contribution in [0, 0.1) is 0 Å². The first-order chi connectivity index (χ1) is 12.8. The van der Waals surface area contributed by atoms with Crippen LogP contribution in [0.3, 0.4) is 0 Å². The highest BCUT2D eigenvalue weighted by Gasteiger charge is 2.50. The number of imide groups is 1. The van der Waals surface area contributed by atoms with Crippen molar-refractivity contribution in [2.24, 2.45) is 7.05 Å². The van der Waals surface area contributed by atoms with Crippen molar-refractivity contribution in [2.45, 2.75) is 17.6 Å². The number of aromatic nitrogens is 4. The van der Waals surface area contributed by atoms with Gasteiger partial charge in [-0.3, -0.25) is 15.0 Å². The van der Waals surface area contributed by atoms with E-state index in [0.29, 0.717) is 21.5 Å². The number of rotatable bonds is 6. The predicted molar refractivity (Wildman–Crippen MR) is 93.4 cm³/mol. The number of carbonyl (C=O) groups is 3. The zero-order chi connectivity index (χ0) is 19.6. The lowest BCUT2D eigenvalue weighted by molar-refractivity contribution is -0.138. The highest BCUT2D eigenvalue weighted by Crippen LogP contribution is 2.29. The van der Waals surface area contributed by atoms with Crippen molar-refractivity contribution >= 4 is 29.6 Å². The van der Waals surface area contributed by atoms with Gasteiger partial charge in [0, 0.05) is 7.05 Å². The first kappa shape index (κ1) is 18.6. The number of benzene rings is 1. The molecule has 1 aromatic heterocycles. The fourth-order valence-corrected chi connectivity index (χ4v) is 3.13. The Bertz CT molecular complexity index is 885. The van der Waals surface area contributed by atoms with Crippen molar-refractivity contribution in [3.05, 3.63) is 29.8 Å². The van der Waals surface area contributed by atoms with E-state index in [1.807, 2.05) is 0 Å². The molecule has 1 atom stereocenters. The Balaban J connectivity index is 1.67. The molecule has 0 bridgehead atoms. The van der Waals surface area contributed by atoms with Crippen molar-refractivity contribution in [3.8, 4) is 5.75 Å². The van der Waals surface area contributed by atoms with E-state index in [-0.39, 0.29) is 5.75 Å². The summed E-state index contributed by atoms with van der Waals surface area (Å²) in [6.45, 7) is 1.57. The van der Waals surface area contributed by atoms with Crippen molar-refractivity contribution in [2.75, 3.05) is 12.9 Å². The maximum absolute atomic E-state index is 12.8. The molecule has 0 saturated carbocycles. The minimum absolute atomic E-state index is 0.0650. The molecule has 1 aromatic carbocycles. The van der Waals surface area contributed by atoms with E-state index < -0.39 is 23.4 Å². The first-order valence-electron chi connectivity index (χ1n) is 7.81. The number of hydrogen-bond donors (Lipinski definition) is 2. The minimum atomic E-state index is -1.29. The average molecular weight is 391 g/mol. The first-order valence-corrected chi connectivity index (χ1v) is 8.79. The van der Waals surface area contributed by atoms with Gasteiger partial charge in [0.1, 0.15) is 11.3 Å². The van der Waals surface area contributed by atoms with Crippen LogP contribution in [0.2, 0.25) is 0 Å². The number of tetrazole rings is 1. The number of carbonyl (C=O) groups excluding carboxylic acids is 3. The minimum Gasteiger partial charge on any atom is -0.497 e. The molecule has 0 radical (unpaired) electrons. The van der Waals surface area contributed by atoms with Crippen molar-refractivity contribution in [3.63, 3.8) is 0 Å². The smallest absolute Gasteiger partial charge is 0.344 e. The van der Waals surface area contributed by atoms with E-state index in [1.54, 1.807) is 38.2 Å². The summed E-state index contributed by atoms with van der Waals surface area (Å²) < 4.78 is 6.50. The van der Waals surface area contributed by atoms with Crippen LogP contribution >= 0.6 is 11.8 Å². The number of ether oxygens (including phenoxy) is 1. The van der Waals surface area contributed by atoms with Gasteiger partial charge in [-0.2, -0.15) is 5.01 Å². The molecule has 2 N–H and O–H groups in total. The fraction of sp³-hybridized carbons (Fsp3) is 0.333. The second-order valence-electron chi connectivity index (χ2n) is 5.83. The van der Waals surface area contributed by atoms with Gasteiger partial charge in [0.2, 0.25) is 11.1 Å². The van der Waals surface area contributed by atoms with E-state index in [9.17, 15) is 14.4 Å². The molecule has 1 saturated heterocycles. The predicted octanol–water partition coefficient (Wildman–Crippen LogP) is -0.191. The van der Waals surface area contributed by atoms with Gasteiger partial charge in [0.25, 0.3) is 5.91 Å². The largest absolute Gasteiger partial charge is 0.497 e. The topological polar surface area (TPSA) is 131 Å². The van der Waals surface area contributed by atoms with E-state index in [0.717, 1.165) is 11.8 Å². The Labute approximate surface area is 158 Å². The van der Waals surface area contributed by atoms with Crippen LogP contribution in [0.5, 0.6) is 5.75 Å². The quantitative estimate of drug-likeness (QED) is 0.512. The third-order valence-electron chi connectivity index (χ3n) is 4.01. The summed E-state index contributed by atoms with van der Waals surface area (Å²) in [7, 11) is 3.17. The third kappa shape index (κ3) is 3.56. The second kappa shape index (κ2) is 7.23. The highest BCUT2D eigenvalue weighted by atomic mass is 32.2. The number of nitrogens with one attached hydrogen (secondary N) is 2. The monoisotopic (exact) mass is 391 g/mol.